The number of rotatable bonds is 3. The number of hydrogen-bond acceptors (Lipinski definition) is 5. The molecule has 0 spiro atoms. The molecule has 2 unspecified atom stereocenters. The molecule has 2 amide bonds. The van der Waals surface area contributed by atoms with Gasteiger partial charge in [-0.05, 0) is 25.8 Å². The summed E-state index contributed by atoms with van der Waals surface area (Å²) in [4.78, 5) is 40.5. The van der Waals surface area contributed by atoms with Crippen LogP contribution in [-0.2, 0) is 13.0 Å². The molecule has 3 N–H and O–H groups in total. The largest absolute Gasteiger partial charge is 0.503 e. The number of hydrogen-bond donors (Lipinski definition) is 3. The van der Waals surface area contributed by atoms with Crippen LogP contribution in [0.3, 0.4) is 0 Å². The summed E-state index contributed by atoms with van der Waals surface area (Å²) in [7, 11) is 0. The van der Waals surface area contributed by atoms with E-state index in [0.717, 1.165) is 0 Å². The van der Waals surface area contributed by atoms with Gasteiger partial charge in [0.2, 0.25) is 5.43 Å². The first-order chi connectivity index (χ1) is 14.8. The molecule has 0 saturated carbocycles. The highest BCUT2D eigenvalue weighted by atomic mass is 35.5. The molecule has 0 radical (unpaired) electrons. The van der Waals surface area contributed by atoms with Crippen LogP contribution >= 0.6 is 11.6 Å². The molecule has 1 aromatic heterocycles. The smallest absolute Gasteiger partial charge is 0.275 e. The Labute approximate surface area is 181 Å². The van der Waals surface area contributed by atoms with Gasteiger partial charge >= 0.3 is 0 Å². The Kier molecular flexibility index (Phi) is 4.56. The SMILES string of the molecule is C[C@H]1CN2C(=O)c3c(O)c(=O)c(C(=O)NCc4cccc(Cl)c4F)c4n3C(CC4)C2N1. The fourth-order valence-electron chi connectivity index (χ4n) is 4.94. The lowest BCUT2D eigenvalue weighted by atomic mass is 10.1. The van der Waals surface area contributed by atoms with Crippen LogP contribution in [0.25, 0.3) is 0 Å². The molecule has 1 aromatic carbocycles. The Balaban J connectivity index is 1.54. The molecule has 3 aliphatic rings. The van der Waals surface area contributed by atoms with Gasteiger partial charge in [0.1, 0.15) is 17.5 Å². The van der Waals surface area contributed by atoms with Crippen molar-refractivity contribution >= 4 is 23.4 Å². The minimum Gasteiger partial charge on any atom is -0.503 e. The topological polar surface area (TPSA) is 104 Å². The lowest BCUT2D eigenvalue weighted by molar-refractivity contribution is 0.0591. The molecule has 1 saturated heterocycles. The number of carbonyl (C=O) groups excluding carboxylic acids is 2. The number of aromatic nitrogens is 1. The molecule has 10 heteroatoms. The number of amides is 2. The summed E-state index contributed by atoms with van der Waals surface area (Å²) in [5.74, 6) is -2.53. The Morgan fingerprint density at radius 3 is 2.94 bits per heavy atom. The average molecular weight is 447 g/mol. The van der Waals surface area contributed by atoms with Crippen LogP contribution in [0, 0.1) is 5.82 Å². The molecule has 3 aliphatic heterocycles. The second-order valence-electron chi connectivity index (χ2n) is 8.19. The molecule has 8 nitrogen and oxygen atoms in total. The van der Waals surface area contributed by atoms with E-state index < -0.39 is 28.8 Å². The molecule has 0 aliphatic carbocycles. The molecule has 0 bridgehead atoms. The Morgan fingerprint density at radius 1 is 1.39 bits per heavy atom. The van der Waals surface area contributed by atoms with E-state index in [0.29, 0.717) is 25.1 Å². The van der Waals surface area contributed by atoms with E-state index in [1.165, 1.54) is 12.1 Å². The standard InChI is InChI=1S/C21H20ClFN4O4/c1-9-8-26-19(25-9)13-6-5-12-14(17(28)18(29)16(21(26)31)27(12)13)20(30)24-7-10-3-2-4-11(22)15(10)23/h2-4,9,13,19,25,29H,5-8H2,1H3,(H,24,30)/t9-,13?,19?/m0/s1. The van der Waals surface area contributed by atoms with E-state index in [1.54, 1.807) is 15.5 Å². The molecular weight excluding hydrogens is 427 g/mol. The Morgan fingerprint density at radius 2 is 2.16 bits per heavy atom. The third kappa shape index (κ3) is 2.87. The van der Waals surface area contributed by atoms with E-state index >= 15 is 0 Å². The van der Waals surface area contributed by atoms with Gasteiger partial charge in [0.05, 0.1) is 11.1 Å². The predicted molar refractivity (Wildman–Crippen MR) is 110 cm³/mol. The molecule has 1 fully saturated rings. The molecule has 4 heterocycles. The summed E-state index contributed by atoms with van der Waals surface area (Å²) in [6.07, 6.45) is 0.775. The van der Waals surface area contributed by atoms with E-state index in [-0.39, 0.29) is 46.6 Å². The van der Waals surface area contributed by atoms with Gasteiger partial charge in [-0.25, -0.2) is 4.39 Å². The third-order valence-corrected chi connectivity index (χ3v) is 6.57. The summed E-state index contributed by atoms with van der Waals surface area (Å²) in [5, 5.41) is 16.5. The number of aromatic hydroxyl groups is 1. The summed E-state index contributed by atoms with van der Waals surface area (Å²) < 4.78 is 15.8. The molecule has 162 valence electrons. The highest BCUT2D eigenvalue weighted by Crippen LogP contribution is 2.41. The molecule has 3 atom stereocenters. The fraction of sp³-hybridized carbons (Fsp3) is 0.381. The van der Waals surface area contributed by atoms with Gasteiger partial charge in [-0.3, -0.25) is 19.7 Å². The van der Waals surface area contributed by atoms with Crippen molar-refractivity contribution in [2.75, 3.05) is 6.54 Å². The van der Waals surface area contributed by atoms with Crippen molar-refractivity contribution in [3.8, 4) is 5.75 Å². The van der Waals surface area contributed by atoms with Crippen LogP contribution < -0.4 is 16.1 Å². The van der Waals surface area contributed by atoms with Crippen LogP contribution in [0.5, 0.6) is 5.75 Å². The monoisotopic (exact) mass is 446 g/mol. The van der Waals surface area contributed by atoms with Crippen molar-refractivity contribution in [1.82, 2.24) is 20.1 Å². The maximum Gasteiger partial charge on any atom is 0.275 e. The number of pyridine rings is 1. The highest BCUT2D eigenvalue weighted by Gasteiger charge is 2.49. The van der Waals surface area contributed by atoms with Crippen molar-refractivity contribution in [2.24, 2.45) is 0 Å². The number of carbonyl (C=O) groups is 2. The van der Waals surface area contributed by atoms with Gasteiger partial charge < -0.3 is 19.9 Å². The van der Waals surface area contributed by atoms with Crippen molar-refractivity contribution in [1.29, 1.82) is 0 Å². The Hall–Kier alpha value is -2.91. The van der Waals surface area contributed by atoms with Gasteiger partial charge in [0.25, 0.3) is 11.8 Å². The second-order valence-corrected chi connectivity index (χ2v) is 8.60. The quantitative estimate of drug-likeness (QED) is 0.663. The van der Waals surface area contributed by atoms with E-state index in [2.05, 4.69) is 10.6 Å². The van der Waals surface area contributed by atoms with E-state index in [9.17, 15) is 23.9 Å². The molecule has 31 heavy (non-hydrogen) atoms. The summed E-state index contributed by atoms with van der Waals surface area (Å²) in [6, 6.07) is 4.33. The zero-order chi connectivity index (χ0) is 22.0. The lowest BCUT2D eigenvalue weighted by Crippen LogP contribution is -2.51. The first kappa shape index (κ1) is 20.0. The summed E-state index contributed by atoms with van der Waals surface area (Å²) in [6.45, 7) is 2.27. The van der Waals surface area contributed by atoms with Gasteiger partial charge in [-0.2, -0.15) is 0 Å². The van der Waals surface area contributed by atoms with E-state index in [1.807, 2.05) is 6.92 Å². The second kappa shape index (κ2) is 7.06. The zero-order valence-electron chi connectivity index (χ0n) is 16.6. The molecule has 5 rings (SSSR count). The average Bonchev–Trinajstić information content (AvgIpc) is 3.33. The number of nitrogens with one attached hydrogen (secondary N) is 2. The van der Waals surface area contributed by atoms with Crippen LogP contribution in [0.4, 0.5) is 4.39 Å². The zero-order valence-corrected chi connectivity index (χ0v) is 17.4. The fourth-order valence-corrected chi connectivity index (χ4v) is 5.14. The highest BCUT2D eigenvalue weighted by molar-refractivity contribution is 6.30. The van der Waals surface area contributed by atoms with Gasteiger partial charge in [-0.15, -0.1) is 0 Å². The first-order valence-corrected chi connectivity index (χ1v) is 10.5. The maximum absolute atomic E-state index is 14.1. The van der Waals surface area contributed by atoms with Gasteiger partial charge in [-0.1, -0.05) is 23.7 Å². The van der Waals surface area contributed by atoms with Crippen LogP contribution in [0.15, 0.2) is 23.0 Å². The molecular formula is C21H20ClFN4O4. The van der Waals surface area contributed by atoms with Crippen molar-refractivity contribution in [2.45, 2.75) is 44.6 Å². The third-order valence-electron chi connectivity index (χ3n) is 6.28. The number of nitrogens with zero attached hydrogens (tertiary/aromatic N) is 2. The summed E-state index contributed by atoms with van der Waals surface area (Å²) >= 11 is 5.78. The number of benzene rings is 1. The maximum atomic E-state index is 14.1. The summed E-state index contributed by atoms with van der Waals surface area (Å²) in [5.41, 5.74) is -0.572. The Bertz CT molecular complexity index is 1200. The predicted octanol–water partition coefficient (Wildman–Crippen LogP) is 1.54. The van der Waals surface area contributed by atoms with Gasteiger partial charge in [0.15, 0.2) is 11.4 Å². The minimum atomic E-state index is -0.891. The van der Waals surface area contributed by atoms with Crippen molar-refractivity contribution < 1.29 is 19.1 Å². The first-order valence-electron chi connectivity index (χ1n) is 10.1. The number of fused-ring (bicyclic) bond motifs is 2. The molecule has 2 aromatic rings. The van der Waals surface area contributed by atoms with Gasteiger partial charge in [0, 0.05) is 30.4 Å². The van der Waals surface area contributed by atoms with Crippen molar-refractivity contribution in [3.05, 3.63) is 61.8 Å². The van der Waals surface area contributed by atoms with Crippen LogP contribution in [-0.4, -0.2) is 45.1 Å². The minimum absolute atomic E-state index is 0.0629. The van der Waals surface area contributed by atoms with Crippen LogP contribution in [0.1, 0.15) is 51.5 Å². The van der Waals surface area contributed by atoms with Crippen molar-refractivity contribution in [3.63, 3.8) is 0 Å². The van der Waals surface area contributed by atoms with Crippen LogP contribution in [0.2, 0.25) is 5.02 Å². The lowest BCUT2D eigenvalue weighted by Gasteiger charge is -2.37. The van der Waals surface area contributed by atoms with E-state index in [4.69, 9.17) is 11.6 Å². The normalized spacial score (nSPS) is 23.6. The number of halogens is 2.